The van der Waals surface area contributed by atoms with Crippen molar-refractivity contribution in [1.29, 1.82) is 0 Å². The van der Waals surface area contributed by atoms with Gasteiger partial charge in [-0.1, -0.05) is 84.9 Å². The molecular formula is C32H25F3N4O3. The second-order valence-electron chi connectivity index (χ2n) is 9.57. The van der Waals surface area contributed by atoms with Crippen molar-refractivity contribution in [3.63, 3.8) is 0 Å². The van der Waals surface area contributed by atoms with Crippen LogP contribution in [0.25, 0.3) is 0 Å². The van der Waals surface area contributed by atoms with Gasteiger partial charge in [0.2, 0.25) is 6.17 Å². The Labute approximate surface area is 239 Å². The highest BCUT2D eigenvalue weighted by Crippen LogP contribution is 2.34. The summed E-state index contributed by atoms with van der Waals surface area (Å²) in [6.07, 6.45) is -6.27. The number of aryl methyl sites for hydroxylation is 1. The Bertz CT molecular complexity index is 1690. The van der Waals surface area contributed by atoms with Gasteiger partial charge in [-0.15, -0.1) is 0 Å². The number of benzodiazepines with no additional fused rings is 1. The van der Waals surface area contributed by atoms with Gasteiger partial charge in [-0.05, 0) is 30.7 Å². The van der Waals surface area contributed by atoms with E-state index in [4.69, 9.17) is 0 Å². The number of nitrogens with one attached hydrogen (secondary N) is 2. The summed E-state index contributed by atoms with van der Waals surface area (Å²) in [6.45, 7) is 1.44. The molecule has 0 saturated carbocycles. The lowest BCUT2D eigenvalue weighted by Crippen LogP contribution is -2.50. The van der Waals surface area contributed by atoms with Crippen molar-refractivity contribution in [2.45, 2.75) is 19.3 Å². The second kappa shape index (κ2) is 11.7. The van der Waals surface area contributed by atoms with E-state index in [0.717, 1.165) is 17.7 Å². The van der Waals surface area contributed by atoms with Gasteiger partial charge in [0.25, 0.3) is 5.91 Å². The third-order valence-electron chi connectivity index (χ3n) is 6.75. The molecule has 7 nitrogen and oxygen atoms in total. The zero-order chi connectivity index (χ0) is 29.9. The molecule has 212 valence electrons. The molecule has 3 amide bonds. The molecule has 2 N–H and O–H groups in total. The Morgan fingerprint density at radius 2 is 1.50 bits per heavy atom. The summed E-state index contributed by atoms with van der Waals surface area (Å²) in [5.41, 5.74) is 1.59. The predicted molar refractivity (Wildman–Crippen MR) is 154 cm³/mol. The molecule has 1 heterocycles. The number of halogens is 3. The molecule has 4 aromatic carbocycles. The summed E-state index contributed by atoms with van der Waals surface area (Å²) >= 11 is 0. The molecule has 5 rings (SSSR count). The molecule has 10 heteroatoms. The first-order valence-corrected chi connectivity index (χ1v) is 13.0. The lowest BCUT2D eigenvalue weighted by atomic mass is 9.99. The van der Waals surface area contributed by atoms with Crippen molar-refractivity contribution in [3.05, 3.63) is 131 Å². The number of nitrogens with zero attached hydrogens (tertiary/aromatic N) is 2. The van der Waals surface area contributed by atoms with Crippen molar-refractivity contribution in [2.75, 3.05) is 16.8 Å². The number of ketones is 1. The number of rotatable bonds is 6. The summed E-state index contributed by atoms with van der Waals surface area (Å²) in [5, 5.41) is 4.61. The number of carbonyl (C=O) groups excluding carboxylic acids is 3. The van der Waals surface area contributed by atoms with Gasteiger partial charge in [0.15, 0.2) is 5.78 Å². The van der Waals surface area contributed by atoms with Crippen molar-refractivity contribution in [3.8, 4) is 0 Å². The molecular weight excluding hydrogens is 545 g/mol. The van der Waals surface area contributed by atoms with Crippen molar-refractivity contribution in [1.82, 2.24) is 5.32 Å². The second-order valence-corrected chi connectivity index (χ2v) is 9.57. The molecule has 0 saturated heterocycles. The monoisotopic (exact) mass is 570 g/mol. The van der Waals surface area contributed by atoms with Crippen LogP contribution in [0.2, 0.25) is 0 Å². The van der Waals surface area contributed by atoms with Crippen LogP contribution in [0.1, 0.15) is 32.6 Å². The van der Waals surface area contributed by atoms with Crippen LogP contribution < -0.4 is 15.5 Å². The fourth-order valence-electron chi connectivity index (χ4n) is 4.75. The Balaban J connectivity index is 1.54. The molecule has 4 aromatic rings. The van der Waals surface area contributed by atoms with E-state index in [0.29, 0.717) is 28.1 Å². The molecule has 0 spiro atoms. The van der Waals surface area contributed by atoms with E-state index in [1.165, 1.54) is 17.0 Å². The third kappa shape index (κ3) is 5.92. The number of fused-ring (bicyclic) bond motifs is 1. The van der Waals surface area contributed by atoms with E-state index < -0.39 is 35.5 Å². The SMILES string of the molecule is Cc1ccccc1C(=O)CN1C(=O)[C@H](NC(=O)Nc2ccccc2C(F)(F)F)N=C(c2ccccc2)c2ccccc21. The number of aliphatic imine (C=N–C) groups is 1. The van der Waals surface area contributed by atoms with Gasteiger partial charge in [-0.3, -0.25) is 9.59 Å². The Morgan fingerprint density at radius 3 is 2.24 bits per heavy atom. The van der Waals surface area contributed by atoms with Crippen LogP contribution in [-0.4, -0.2) is 36.1 Å². The minimum atomic E-state index is -4.71. The lowest BCUT2D eigenvalue weighted by molar-refractivity contribution is -0.137. The lowest BCUT2D eigenvalue weighted by Gasteiger charge is -2.25. The minimum Gasteiger partial charge on any atom is -0.308 e. The highest BCUT2D eigenvalue weighted by atomic mass is 19.4. The maximum Gasteiger partial charge on any atom is 0.418 e. The average Bonchev–Trinajstić information content (AvgIpc) is 3.08. The van der Waals surface area contributed by atoms with E-state index in [9.17, 15) is 27.6 Å². The van der Waals surface area contributed by atoms with Gasteiger partial charge >= 0.3 is 12.2 Å². The van der Waals surface area contributed by atoms with Gasteiger partial charge < -0.3 is 15.5 Å². The number of hydrogen-bond acceptors (Lipinski definition) is 4. The minimum absolute atomic E-state index is 0.332. The highest BCUT2D eigenvalue weighted by molar-refractivity contribution is 6.21. The highest BCUT2D eigenvalue weighted by Gasteiger charge is 2.36. The van der Waals surface area contributed by atoms with Crippen molar-refractivity contribution < 1.29 is 27.6 Å². The number of urea groups is 1. The number of carbonyl (C=O) groups is 3. The largest absolute Gasteiger partial charge is 0.418 e. The van der Waals surface area contributed by atoms with Crippen molar-refractivity contribution >= 4 is 34.8 Å². The fourth-order valence-corrected chi connectivity index (χ4v) is 4.75. The average molecular weight is 571 g/mol. The van der Waals surface area contributed by atoms with Crippen molar-refractivity contribution in [2.24, 2.45) is 4.99 Å². The van der Waals surface area contributed by atoms with E-state index >= 15 is 0 Å². The quantitative estimate of drug-likeness (QED) is 0.270. The van der Waals surface area contributed by atoms with E-state index in [2.05, 4.69) is 15.6 Å². The standard InChI is InChI=1S/C32H25F3N4O3/c1-20-11-5-6-14-22(20)27(40)19-39-26-18-10-7-15-23(26)28(21-12-3-2-4-13-21)37-29(30(39)41)38-31(42)36-25-17-9-8-16-24(25)32(33,34)35/h2-18,29H,19H2,1H3,(H2,36,38,42)/t29-/m0/s1. The molecule has 0 fully saturated rings. The molecule has 1 aliphatic heterocycles. The van der Waals surface area contributed by atoms with E-state index in [-0.39, 0.29) is 12.3 Å². The van der Waals surface area contributed by atoms with E-state index in [1.54, 1.807) is 79.7 Å². The number of amides is 3. The van der Waals surface area contributed by atoms with Crippen LogP contribution >= 0.6 is 0 Å². The Morgan fingerprint density at radius 1 is 0.857 bits per heavy atom. The molecule has 1 aliphatic rings. The molecule has 0 unspecified atom stereocenters. The number of anilines is 2. The van der Waals surface area contributed by atoms with E-state index in [1.807, 2.05) is 6.07 Å². The van der Waals surface area contributed by atoms with Gasteiger partial charge in [-0.2, -0.15) is 13.2 Å². The maximum absolute atomic E-state index is 14.0. The molecule has 42 heavy (non-hydrogen) atoms. The first-order chi connectivity index (χ1) is 20.1. The summed E-state index contributed by atoms with van der Waals surface area (Å²) in [4.78, 5) is 46.3. The summed E-state index contributed by atoms with van der Waals surface area (Å²) in [6, 6.07) is 26.3. The van der Waals surface area contributed by atoms with Crippen LogP contribution in [0.5, 0.6) is 0 Å². The van der Waals surface area contributed by atoms with Crippen LogP contribution in [0.4, 0.5) is 29.3 Å². The maximum atomic E-state index is 14.0. The third-order valence-corrected chi connectivity index (χ3v) is 6.75. The fraction of sp³-hybridized carbons (Fsp3) is 0.125. The summed E-state index contributed by atoms with van der Waals surface area (Å²) in [5.74, 6) is -1.06. The van der Waals surface area contributed by atoms with Gasteiger partial charge in [-0.25, -0.2) is 9.79 Å². The van der Waals surface area contributed by atoms with Crippen LogP contribution in [-0.2, 0) is 11.0 Å². The summed E-state index contributed by atoms with van der Waals surface area (Å²) < 4.78 is 40.6. The number of alkyl halides is 3. The predicted octanol–water partition coefficient (Wildman–Crippen LogP) is 6.23. The number of hydrogen-bond donors (Lipinski definition) is 2. The Hall–Kier alpha value is -5.25. The molecule has 0 aliphatic carbocycles. The smallest absolute Gasteiger partial charge is 0.308 e. The van der Waals surface area contributed by atoms with Gasteiger partial charge in [0.05, 0.1) is 29.2 Å². The molecule has 0 aromatic heterocycles. The molecule has 0 bridgehead atoms. The first kappa shape index (κ1) is 28.3. The number of para-hydroxylation sites is 2. The molecule has 0 radical (unpaired) electrons. The molecule has 1 atom stereocenters. The van der Waals surface area contributed by atoms with Crippen LogP contribution in [0.15, 0.2) is 108 Å². The number of benzene rings is 4. The normalized spacial score (nSPS) is 14.9. The van der Waals surface area contributed by atoms with Gasteiger partial charge in [0, 0.05) is 16.7 Å². The topological polar surface area (TPSA) is 90.9 Å². The van der Waals surface area contributed by atoms with Crippen LogP contribution in [0, 0.1) is 6.92 Å². The zero-order valence-electron chi connectivity index (χ0n) is 22.4. The first-order valence-electron chi connectivity index (χ1n) is 13.0. The van der Waals surface area contributed by atoms with Gasteiger partial charge in [0.1, 0.15) is 0 Å². The number of Topliss-reactive ketones (excluding diaryl/α,β-unsaturated/α-hetero) is 1. The zero-order valence-corrected chi connectivity index (χ0v) is 22.4. The summed E-state index contributed by atoms with van der Waals surface area (Å²) in [7, 11) is 0. The van der Waals surface area contributed by atoms with Crippen LogP contribution in [0.3, 0.4) is 0 Å². The Kier molecular flexibility index (Phi) is 7.88.